The second-order valence-corrected chi connectivity index (χ2v) is 6.19. The van der Waals surface area contributed by atoms with Crippen LogP contribution >= 0.6 is 24.0 Å². The zero-order valence-corrected chi connectivity index (χ0v) is 17.9. The summed E-state index contributed by atoms with van der Waals surface area (Å²) in [4.78, 5) is 4.33. The molecule has 0 aromatic heterocycles. The third-order valence-corrected chi connectivity index (χ3v) is 3.85. The molecule has 0 spiro atoms. The first-order valence-corrected chi connectivity index (χ1v) is 9.29. The Balaban J connectivity index is 0.00000625. The predicted octanol–water partition coefficient (Wildman–Crippen LogP) is 3.87. The van der Waals surface area contributed by atoms with Gasteiger partial charge in [-0.15, -0.1) is 24.0 Å². The highest BCUT2D eigenvalue weighted by molar-refractivity contribution is 14.0. The molecule has 2 N–H and O–H groups in total. The van der Waals surface area contributed by atoms with Crippen molar-refractivity contribution in [1.29, 1.82) is 0 Å². The summed E-state index contributed by atoms with van der Waals surface area (Å²) in [7, 11) is 0. The lowest BCUT2D eigenvalue weighted by Crippen LogP contribution is -2.38. The minimum Gasteiger partial charge on any atom is -0.378 e. The zero-order valence-electron chi connectivity index (χ0n) is 15.6. The smallest absolute Gasteiger partial charge is 0.378 e. The van der Waals surface area contributed by atoms with Crippen molar-refractivity contribution in [3.63, 3.8) is 0 Å². The van der Waals surface area contributed by atoms with Gasteiger partial charge in [0.25, 0.3) is 0 Å². The molecule has 26 heavy (non-hydrogen) atoms. The Morgan fingerprint density at radius 2 is 1.81 bits per heavy atom. The summed E-state index contributed by atoms with van der Waals surface area (Å²) in [6.07, 6.45) is 3.73. The zero-order chi connectivity index (χ0) is 18.4. The fourth-order valence-electron chi connectivity index (χ4n) is 2.65. The van der Waals surface area contributed by atoms with E-state index in [0.29, 0.717) is 25.0 Å². The van der Waals surface area contributed by atoms with E-state index in [1.54, 1.807) is 0 Å². The molecule has 1 rings (SSSR count). The van der Waals surface area contributed by atoms with Gasteiger partial charge in [0, 0.05) is 32.8 Å². The Morgan fingerprint density at radius 1 is 1.08 bits per heavy atom. The number of nitrogens with one attached hydrogen (secondary N) is 2. The van der Waals surface area contributed by atoms with Gasteiger partial charge in [0.05, 0.1) is 6.10 Å². The van der Waals surface area contributed by atoms with Gasteiger partial charge in [-0.3, -0.25) is 4.99 Å². The molecule has 5 nitrogen and oxygen atoms in total. The number of hydrogen-bond donors (Lipinski definition) is 2. The maximum absolute atomic E-state index is 11.9. The fraction of sp³-hybridized carbons (Fsp3) is 0.941. The molecule has 0 unspecified atom stereocenters. The third kappa shape index (κ3) is 14.8. The Hall–Kier alpha value is -0.290. The number of aliphatic imine (C=N–C) groups is 1. The average Bonchev–Trinajstić information content (AvgIpc) is 2.57. The molecule has 0 heterocycles. The fourth-order valence-corrected chi connectivity index (χ4v) is 2.65. The van der Waals surface area contributed by atoms with Gasteiger partial charge in [-0.25, -0.2) is 0 Å². The van der Waals surface area contributed by atoms with Gasteiger partial charge in [-0.2, -0.15) is 13.2 Å². The lowest BCUT2D eigenvalue weighted by Gasteiger charge is -2.22. The molecule has 0 radical (unpaired) electrons. The minimum atomic E-state index is -4.26. The van der Waals surface area contributed by atoms with Crippen LogP contribution in [0.3, 0.4) is 0 Å². The summed E-state index contributed by atoms with van der Waals surface area (Å²) in [5.41, 5.74) is 0. The first-order valence-electron chi connectivity index (χ1n) is 9.29. The Labute approximate surface area is 171 Å². The molecule has 0 atom stereocenters. The van der Waals surface area contributed by atoms with Crippen LogP contribution in [0.5, 0.6) is 0 Å². The molecule has 1 saturated carbocycles. The summed E-state index contributed by atoms with van der Waals surface area (Å²) < 4.78 is 46.2. The second kappa shape index (κ2) is 15.7. The molecule has 0 saturated heterocycles. The molecule has 0 aromatic carbocycles. The Kier molecular flexibility index (Phi) is 15.6. The van der Waals surface area contributed by atoms with Crippen molar-refractivity contribution in [2.75, 3.05) is 39.5 Å². The highest BCUT2D eigenvalue weighted by Crippen LogP contribution is 2.20. The second-order valence-electron chi connectivity index (χ2n) is 6.19. The molecule has 9 heteroatoms. The first kappa shape index (κ1) is 25.7. The van der Waals surface area contributed by atoms with Crippen LogP contribution in [0.4, 0.5) is 13.2 Å². The van der Waals surface area contributed by atoms with Crippen molar-refractivity contribution in [2.24, 2.45) is 4.99 Å². The van der Waals surface area contributed by atoms with Gasteiger partial charge in [0.15, 0.2) is 5.96 Å². The van der Waals surface area contributed by atoms with E-state index in [1.165, 1.54) is 32.1 Å². The van der Waals surface area contributed by atoms with Gasteiger partial charge < -0.3 is 20.1 Å². The lowest BCUT2D eigenvalue weighted by molar-refractivity contribution is -0.173. The summed E-state index contributed by atoms with van der Waals surface area (Å²) >= 11 is 0. The standard InChI is InChI=1S/C17H32F3N3O2.HI/c1-2-21-16(22-10-6-12-24-14-17(18,19)20)23-11-7-13-25-15-8-4-3-5-9-15;/h15H,2-14H2,1H3,(H2,21,22,23);1H. The maximum Gasteiger partial charge on any atom is 0.411 e. The summed E-state index contributed by atoms with van der Waals surface area (Å²) in [5, 5.41) is 6.33. The molecule has 156 valence electrons. The maximum atomic E-state index is 11.9. The largest absolute Gasteiger partial charge is 0.411 e. The van der Waals surface area contributed by atoms with Crippen LogP contribution in [0.15, 0.2) is 4.99 Å². The van der Waals surface area contributed by atoms with Crippen LogP contribution in [0, 0.1) is 0 Å². The van der Waals surface area contributed by atoms with Crippen molar-refractivity contribution in [3.8, 4) is 0 Å². The quantitative estimate of drug-likeness (QED) is 0.198. The molecule has 0 aliphatic heterocycles. The van der Waals surface area contributed by atoms with Crippen molar-refractivity contribution in [3.05, 3.63) is 0 Å². The van der Waals surface area contributed by atoms with Crippen LogP contribution in [0.1, 0.15) is 51.9 Å². The number of guanidine groups is 1. The summed E-state index contributed by atoms with van der Waals surface area (Å²) in [6, 6.07) is 0. The van der Waals surface area contributed by atoms with Gasteiger partial charge >= 0.3 is 6.18 Å². The van der Waals surface area contributed by atoms with Crippen molar-refractivity contribution < 1.29 is 22.6 Å². The molecule has 1 aliphatic rings. The number of ether oxygens (including phenoxy) is 2. The number of hydrogen-bond acceptors (Lipinski definition) is 3. The Bertz CT molecular complexity index is 366. The van der Waals surface area contributed by atoms with E-state index in [4.69, 9.17) is 4.74 Å². The van der Waals surface area contributed by atoms with Crippen molar-refractivity contribution in [1.82, 2.24) is 10.6 Å². The van der Waals surface area contributed by atoms with Crippen LogP contribution in [-0.2, 0) is 9.47 Å². The van der Waals surface area contributed by atoms with E-state index < -0.39 is 12.8 Å². The van der Waals surface area contributed by atoms with E-state index in [0.717, 1.165) is 26.1 Å². The predicted molar refractivity (Wildman–Crippen MR) is 108 cm³/mol. The van der Waals surface area contributed by atoms with E-state index in [1.807, 2.05) is 6.92 Å². The van der Waals surface area contributed by atoms with E-state index in [-0.39, 0.29) is 30.6 Å². The number of rotatable bonds is 11. The molecule has 1 aliphatic carbocycles. The molecule has 1 fully saturated rings. The molecule has 0 amide bonds. The Morgan fingerprint density at radius 3 is 2.46 bits per heavy atom. The van der Waals surface area contributed by atoms with Crippen LogP contribution in [0.2, 0.25) is 0 Å². The summed E-state index contributed by atoms with van der Waals surface area (Å²) in [6.45, 7) is 3.47. The van der Waals surface area contributed by atoms with Crippen molar-refractivity contribution in [2.45, 2.75) is 64.1 Å². The van der Waals surface area contributed by atoms with Gasteiger partial charge in [0.1, 0.15) is 6.61 Å². The highest BCUT2D eigenvalue weighted by atomic mass is 127. The van der Waals surface area contributed by atoms with E-state index in [2.05, 4.69) is 20.4 Å². The molecule has 0 aromatic rings. The summed E-state index contributed by atoms with van der Waals surface area (Å²) in [5.74, 6) is 0.677. The van der Waals surface area contributed by atoms with Gasteiger partial charge in [-0.05, 0) is 32.6 Å². The number of nitrogens with zero attached hydrogens (tertiary/aromatic N) is 1. The number of alkyl halides is 3. The van der Waals surface area contributed by atoms with E-state index >= 15 is 0 Å². The third-order valence-electron chi connectivity index (χ3n) is 3.85. The SMILES string of the molecule is CCNC(=NCCCOCC(F)(F)F)NCCCOC1CCCCC1.I. The minimum absolute atomic E-state index is 0. The monoisotopic (exact) mass is 495 g/mol. The molecular formula is C17H33F3IN3O2. The van der Waals surface area contributed by atoms with Crippen molar-refractivity contribution >= 4 is 29.9 Å². The average molecular weight is 495 g/mol. The molecular weight excluding hydrogens is 462 g/mol. The normalized spacial score (nSPS) is 16.2. The van der Waals surface area contributed by atoms with Crippen LogP contribution < -0.4 is 10.6 Å². The van der Waals surface area contributed by atoms with Gasteiger partial charge in [-0.1, -0.05) is 19.3 Å². The highest BCUT2D eigenvalue weighted by Gasteiger charge is 2.27. The number of halogens is 4. The lowest BCUT2D eigenvalue weighted by atomic mass is 9.98. The topological polar surface area (TPSA) is 54.9 Å². The van der Waals surface area contributed by atoms with Gasteiger partial charge in [0.2, 0.25) is 0 Å². The first-order chi connectivity index (χ1) is 12.0. The molecule has 0 bridgehead atoms. The van der Waals surface area contributed by atoms with Crippen LogP contribution in [-0.4, -0.2) is 57.7 Å². The van der Waals surface area contributed by atoms with E-state index in [9.17, 15) is 13.2 Å². The van der Waals surface area contributed by atoms with Crippen LogP contribution in [0.25, 0.3) is 0 Å².